The second kappa shape index (κ2) is 7.91. The predicted octanol–water partition coefficient (Wildman–Crippen LogP) is 5.10. The Balaban J connectivity index is 1.79. The third-order valence-electron chi connectivity index (χ3n) is 5.08. The van der Waals surface area contributed by atoms with E-state index in [1.165, 1.54) is 11.1 Å². The first-order chi connectivity index (χ1) is 11.7. The van der Waals surface area contributed by atoms with E-state index in [1.807, 2.05) is 25.1 Å². The van der Waals surface area contributed by atoms with E-state index in [4.69, 9.17) is 11.6 Å². The van der Waals surface area contributed by atoms with E-state index in [-0.39, 0.29) is 12.0 Å². The van der Waals surface area contributed by atoms with Gasteiger partial charge < -0.3 is 0 Å². The molecule has 1 fully saturated rings. The Morgan fingerprint density at radius 3 is 2.54 bits per heavy atom. The lowest BCUT2D eigenvalue weighted by atomic mass is 9.77. The summed E-state index contributed by atoms with van der Waals surface area (Å²) in [4.78, 5) is 13.6. The quantitative estimate of drug-likeness (QED) is 0.708. The standard InChI is InChI=1S/C20H23ClN2O/c1-15(22-24)19-11-12-23(13-16-5-3-2-4-6-16)14-20(19)17-7-9-18(21)10-8-17/h2-10,15,19-20H,11-14H2,1H3. The molecule has 3 rings (SSSR count). The Kier molecular flexibility index (Phi) is 5.64. The van der Waals surface area contributed by atoms with Crippen molar-refractivity contribution in [2.45, 2.75) is 31.8 Å². The van der Waals surface area contributed by atoms with Crippen molar-refractivity contribution in [2.75, 3.05) is 13.1 Å². The van der Waals surface area contributed by atoms with Gasteiger partial charge in [0.2, 0.25) is 0 Å². The maximum Gasteiger partial charge on any atom is 0.0926 e. The van der Waals surface area contributed by atoms with E-state index >= 15 is 0 Å². The molecule has 126 valence electrons. The largest absolute Gasteiger partial charge is 0.298 e. The molecule has 2 aromatic rings. The molecule has 1 heterocycles. The monoisotopic (exact) mass is 342 g/mol. The molecule has 1 aliphatic heterocycles. The average molecular weight is 343 g/mol. The highest BCUT2D eigenvalue weighted by molar-refractivity contribution is 6.30. The summed E-state index contributed by atoms with van der Waals surface area (Å²) in [6.07, 6.45) is 0.993. The summed E-state index contributed by atoms with van der Waals surface area (Å²) in [5, 5.41) is 4.06. The Bertz CT molecular complexity index is 659. The van der Waals surface area contributed by atoms with Crippen LogP contribution in [0.4, 0.5) is 0 Å². The molecule has 0 saturated carbocycles. The number of nitroso groups, excluding NO2 is 1. The molecule has 3 nitrogen and oxygen atoms in total. The molecule has 0 N–H and O–H groups in total. The Labute approximate surface area is 148 Å². The summed E-state index contributed by atoms with van der Waals surface area (Å²) in [5.74, 6) is 0.600. The molecule has 4 heteroatoms. The van der Waals surface area contributed by atoms with Crippen LogP contribution >= 0.6 is 11.6 Å². The van der Waals surface area contributed by atoms with Crippen LogP contribution in [0.1, 0.15) is 30.4 Å². The number of nitrogens with zero attached hydrogens (tertiary/aromatic N) is 2. The number of halogens is 1. The molecule has 0 bridgehead atoms. The van der Waals surface area contributed by atoms with Crippen LogP contribution < -0.4 is 0 Å². The van der Waals surface area contributed by atoms with Gasteiger partial charge in [0.25, 0.3) is 0 Å². The van der Waals surface area contributed by atoms with E-state index in [9.17, 15) is 4.91 Å². The van der Waals surface area contributed by atoms with E-state index in [0.29, 0.717) is 5.92 Å². The van der Waals surface area contributed by atoms with Gasteiger partial charge in [0.05, 0.1) is 6.04 Å². The summed E-state index contributed by atoms with van der Waals surface area (Å²) in [7, 11) is 0. The van der Waals surface area contributed by atoms with Crippen molar-refractivity contribution in [3.63, 3.8) is 0 Å². The van der Waals surface area contributed by atoms with E-state index in [0.717, 1.165) is 31.1 Å². The molecule has 3 atom stereocenters. The lowest BCUT2D eigenvalue weighted by molar-refractivity contribution is 0.140. The fourth-order valence-corrected chi connectivity index (χ4v) is 3.87. The van der Waals surface area contributed by atoms with Crippen LogP contribution in [-0.4, -0.2) is 24.0 Å². The minimum Gasteiger partial charge on any atom is -0.298 e. The fourth-order valence-electron chi connectivity index (χ4n) is 3.74. The summed E-state index contributed by atoms with van der Waals surface area (Å²) >= 11 is 6.03. The zero-order chi connectivity index (χ0) is 16.9. The molecule has 0 aromatic heterocycles. The number of hydrogen-bond acceptors (Lipinski definition) is 3. The van der Waals surface area contributed by atoms with Crippen LogP contribution in [0.3, 0.4) is 0 Å². The predicted molar refractivity (Wildman–Crippen MR) is 99.3 cm³/mol. The number of hydrogen-bond donors (Lipinski definition) is 0. The van der Waals surface area contributed by atoms with Crippen molar-refractivity contribution in [1.29, 1.82) is 0 Å². The second-order valence-electron chi connectivity index (χ2n) is 6.68. The van der Waals surface area contributed by atoms with Crippen molar-refractivity contribution in [2.24, 2.45) is 11.1 Å². The zero-order valence-corrected chi connectivity index (χ0v) is 14.7. The Hall–Kier alpha value is -1.71. The first-order valence-corrected chi connectivity index (χ1v) is 8.89. The molecule has 0 amide bonds. The van der Waals surface area contributed by atoms with Crippen LogP contribution in [0, 0.1) is 10.8 Å². The van der Waals surface area contributed by atoms with E-state index < -0.39 is 0 Å². The van der Waals surface area contributed by atoms with E-state index in [1.54, 1.807) is 0 Å². The number of benzene rings is 2. The van der Waals surface area contributed by atoms with Crippen molar-refractivity contribution >= 4 is 11.6 Å². The third kappa shape index (κ3) is 4.03. The van der Waals surface area contributed by atoms with Gasteiger partial charge in [-0.15, -0.1) is 0 Å². The van der Waals surface area contributed by atoms with Gasteiger partial charge >= 0.3 is 0 Å². The average Bonchev–Trinajstić information content (AvgIpc) is 2.62. The van der Waals surface area contributed by atoms with Crippen LogP contribution in [0.15, 0.2) is 59.8 Å². The van der Waals surface area contributed by atoms with Gasteiger partial charge in [0.15, 0.2) is 0 Å². The maximum atomic E-state index is 11.1. The van der Waals surface area contributed by atoms with E-state index in [2.05, 4.69) is 46.5 Å². The van der Waals surface area contributed by atoms with Crippen molar-refractivity contribution in [3.8, 4) is 0 Å². The lowest BCUT2D eigenvalue weighted by Gasteiger charge is -2.40. The van der Waals surface area contributed by atoms with Crippen LogP contribution in [0.5, 0.6) is 0 Å². The number of piperidine rings is 1. The summed E-state index contributed by atoms with van der Waals surface area (Å²) in [6.45, 7) is 4.83. The normalized spacial score (nSPS) is 22.9. The van der Waals surface area contributed by atoms with Gasteiger partial charge in [-0.1, -0.05) is 59.2 Å². The van der Waals surface area contributed by atoms with Gasteiger partial charge in [-0.05, 0) is 49.1 Å². The van der Waals surface area contributed by atoms with Crippen LogP contribution in [0.2, 0.25) is 5.02 Å². The highest BCUT2D eigenvalue weighted by Crippen LogP contribution is 2.36. The number of rotatable bonds is 5. The minimum absolute atomic E-state index is 0.162. The molecule has 1 aliphatic rings. The van der Waals surface area contributed by atoms with Crippen molar-refractivity contribution < 1.29 is 0 Å². The SMILES string of the molecule is CC(N=O)C1CCN(Cc2ccccc2)CC1c1ccc(Cl)cc1. The maximum absolute atomic E-state index is 11.1. The molecule has 1 saturated heterocycles. The molecule has 0 radical (unpaired) electrons. The van der Waals surface area contributed by atoms with Gasteiger partial charge in [-0.2, -0.15) is 4.91 Å². The third-order valence-corrected chi connectivity index (χ3v) is 5.34. The highest BCUT2D eigenvalue weighted by Gasteiger charge is 2.34. The Morgan fingerprint density at radius 1 is 1.17 bits per heavy atom. The smallest absolute Gasteiger partial charge is 0.0926 e. The van der Waals surface area contributed by atoms with Gasteiger partial charge in [-0.3, -0.25) is 4.90 Å². The minimum atomic E-state index is -0.162. The Morgan fingerprint density at radius 2 is 1.88 bits per heavy atom. The topological polar surface area (TPSA) is 32.7 Å². The molecule has 0 aliphatic carbocycles. The van der Waals surface area contributed by atoms with Gasteiger partial charge in [0, 0.05) is 24.0 Å². The number of likely N-dealkylation sites (tertiary alicyclic amines) is 1. The zero-order valence-electron chi connectivity index (χ0n) is 13.9. The molecule has 24 heavy (non-hydrogen) atoms. The van der Waals surface area contributed by atoms with Crippen molar-refractivity contribution in [3.05, 3.63) is 75.7 Å². The summed E-state index contributed by atoms with van der Waals surface area (Å²) < 4.78 is 0. The second-order valence-corrected chi connectivity index (χ2v) is 7.11. The fraction of sp³-hybridized carbons (Fsp3) is 0.400. The molecule has 0 spiro atoms. The summed E-state index contributed by atoms with van der Waals surface area (Å²) in [6, 6.07) is 18.4. The molecule has 2 aromatic carbocycles. The van der Waals surface area contributed by atoms with Crippen LogP contribution in [0.25, 0.3) is 0 Å². The highest BCUT2D eigenvalue weighted by atomic mass is 35.5. The first kappa shape index (κ1) is 17.1. The van der Waals surface area contributed by atoms with Gasteiger partial charge in [-0.25, -0.2) is 0 Å². The first-order valence-electron chi connectivity index (χ1n) is 8.51. The van der Waals surface area contributed by atoms with Gasteiger partial charge in [0.1, 0.15) is 0 Å². The molecule has 3 unspecified atom stereocenters. The summed E-state index contributed by atoms with van der Waals surface area (Å²) in [5.41, 5.74) is 2.57. The molecular formula is C20H23ClN2O. The van der Waals surface area contributed by atoms with Crippen molar-refractivity contribution in [1.82, 2.24) is 4.90 Å². The lowest BCUT2D eigenvalue weighted by Crippen LogP contribution is -2.41. The van der Waals surface area contributed by atoms with Crippen LogP contribution in [-0.2, 0) is 6.54 Å². The molecular weight excluding hydrogens is 320 g/mol.